The van der Waals surface area contributed by atoms with Crippen LogP contribution >= 0.6 is 11.6 Å². The van der Waals surface area contributed by atoms with Crippen LogP contribution in [0.25, 0.3) is 0 Å². The van der Waals surface area contributed by atoms with E-state index in [0.717, 1.165) is 18.8 Å². The molecular formula is C19H19ClN4O2. The van der Waals surface area contributed by atoms with Gasteiger partial charge in [0.25, 0.3) is 0 Å². The molecule has 2 unspecified atom stereocenters. The molecule has 2 aromatic heterocycles. The van der Waals surface area contributed by atoms with E-state index in [2.05, 4.69) is 15.0 Å². The third-order valence-electron chi connectivity index (χ3n) is 4.16. The normalized spacial score (nSPS) is 18.5. The van der Waals surface area contributed by atoms with E-state index in [4.69, 9.17) is 21.1 Å². The standard InChI is InChI=1S/C19H19ClN4O2/c1-23-10-14(8-22-23)11-24-12-16(24)13-25-17-3-5-18(6-4-17)26-19-7-2-15(20)9-21-19/h2-10,16H,11-13H2,1H3. The van der Waals surface area contributed by atoms with Gasteiger partial charge < -0.3 is 9.47 Å². The molecule has 1 fully saturated rings. The minimum Gasteiger partial charge on any atom is -0.492 e. The topological polar surface area (TPSA) is 52.2 Å². The Bertz CT molecular complexity index is 864. The Labute approximate surface area is 156 Å². The number of nitrogens with zero attached hydrogens (tertiary/aromatic N) is 4. The molecule has 3 heterocycles. The van der Waals surface area contributed by atoms with Gasteiger partial charge in [0.05, 0.1) is 17.3 Å². The maximum Gasteiger partial charge on any atom is 0.219 e. The molecule has 7 heteroatoms. The monoisotopic (exact) mass is 370 g/mol. The Morgan fingerprint density at radius 1 is 1.12 bits per heavy atom. The second kappa shape index (κ2) is 7.35. The molecule has 3 aromatic rings. The van der Waals surface area contributed by atoms with Crippen molar-refractivity contribution in [1.82, 2.24) is 19.7 Å². The van der Waals surface area contributed by atoms with Crippen LogP contribution in [-0.4, -0.2) is 38.9 Å². The predicted octanol–water partition coefficient (Wildman–Crippen LogP) is 3.52. The second-order valence-corrected chi connectivity index (χ2v) is 6.74. The summed E-state index contributed by atoms with van der Waals surface area (Å²) in [5.74, 6) is 2.04. The summed E-state index contributed by atoms with van der Waals surface area (Å²) in [5, 5.41) is 4.78. The Morgan fingerprint density at radius 2 is 1.92 bits per heavy atom. The van der Waals surface area contributed by atoms with Crippen molar-refractivity contribution in [2.75, 3.05) is 13.2 Å². The fraction of sp³-hybridized carbons (Fsp3) is 0.263. The number of halogens is 1. The van der Waals surface area contributed by atoms with E-state index < -0.39 is 0 Å². The molecule has 0 aliphatic carbocycles. The predicted molar refractivity (Wildman–Crippen MR) is 98.7 cm³/mol. The average Bonchev–Trinajstić information content (AvgIpc) is 3.25. The van der Waals surface area contributed by atoms with Gasteiger partial charge >= 0.3 is 0 Å². The van der Waals surface area contributed by atoms with Crippen LogP contribution < -0.4 is 9.47 Å². The zero-order valence-corrected chi connectivity index (χ0v) is 15.1. The largest absolute Gasteiger partial charge is 0.492 e. The van der Waals surface area contributed by atoms with Crippen molar-refractivity contribution in [3.8, 4) is 17.4 Å². The summed E-state index contributed by atoms with van der Waals surface area (Å²) in [5.41, 5.74) is 1.23. The summed E-state index contributed by atoms with van der Waals surface area (Å²) in [7, 11) is 1.93. The first-order valence-corrected chi connectivity index (χ1v) is 8.77. The first-order chi connectivity index (χ1) is 12.7. The summed E-state index contributed by atoms with van der Waals surface area (Å²) < 4.78 is 13.4. The van der Waals surface area contributed by atoms with Gasteiger partial charge in [-0.2, -0.15) is 5.10 Å². The van der Waals surface area contributed by atoms with Crippen molar-refractivity contribution in [1.29, 1.82) is 0 Å². The molecule has 134 valence electrons. The fourth-order valence-electron chi connectivity index (χ4n) is 2.70. The van der Waals surface area contributed by atoms with E-state index in [1.54, 1.807) is 18.3 Å². The lowest BCUT2D eigenvalue weighted by Gasteiger charge is -2.08. The van der Waals surface area contributed by atoms with Gasteiger partial charge in [-0.15, -0.1) is 0 Å². The van der Waals surface area contributed by atoms with Crippen LogP contribution in [0.4, 0.5) is 0 Å². The van der Waals surface area contributed by atoms with Crippen LogP contribution in [0.2, 0.25) is 5.02 Å². The molecule has 4 rings (SSSR count). The van der Waals surface area contributed by atoms with Crippen molar-refractivity contribution >= 4 is 11.6 Å². The third kappa shape index (κ3) is 4.33. The number of benzene rings is 1. The van der Waals surface area contributed by atoms with Crippen molar-refractivity contribution < 1.29 is 9.47 Å². The van der Waals surface area contributed by atoms with Gasteiger partial charge in [-0.1, -0.05) is 11.6 Å². The Hall–Kier alpha value is -2.57. The van der Waals surface area contributed by atoms with E-state index in [0.29, 0.717) is 29.3 Å². The Morgan fingerprint density at radius 3 is 2.62 bits per heavy atom. The Balaban J connectivity index is 1.24. The van der Waals surface area contributed by atoms with Gasteiger partial charge in [-0.25, -0.2) is 4.98 Å². The van der Waals surface area contributed by atoms with Gasteiger partial charge in [0, 0.05) is 44.2 Å². The van der Waals surface area contributed by atoms with E-state index in [-0.39, 0.29) is 0 Å². The zero-order chi connectivity index (χ0) is 17.9. The molecule has 1 aliphatic heterocycles. The molecule has 0 spiro atoms. The average molecular weight is 371 g/mol. The summed E-state index contributed by atoms with van der Waals surface area (Å²) >= 11 is 5.82. The Kier molecular flexibility index (Phi) is 4.77. The van der Waals surface area contributed by atoms with Gasteiger partial charge in [0.15, 0.2) is 0 Å². The SMILES string of the molecule is Cn1cc(CN2CC2COc2ccc(Oc3ccc(Cl)cn3)cc2)cn1. The lowest BCUT2D eigenvalue weighted by Crippen LogP contribution is -2.10. The van der Waals surface area contributed by atoms with Crippen LogP contribution in [0.3, 0.4) is 0 Å². The lowest BCUT2D eigenvalue weighted by molar-refractivity contribution is 0.292. The zero-order valence-electron chi connectivity index (χ0n) is 14.4. The molecule has 0 saturated carbocycles. The number of hydrogen-bond donors (Lipinski definition) is 0. The van der Waals surface area contributed by atoms with Crippen molar-refractivity contribution in [2.24, 2.45) is 7.05 Å². The maximum absolute atomic E-state index is 5.87. The number of aromatic nitrogens is 3. The van der Waals surface area contributed by atoms with Crippen molar-refractivity contribution in [2.45, 2.75) is 12.6 Å². The quantitative estimate of drug-likeness (QED) is 0.595. The minimum absolute atomic E-state index is 0.462. The molecule has 26 heavy (non-hydrogen) atoms. The molecule has 1 aliphatic rings. The molecule has 2 atom stereocenters. The van der Waals surface area contributed by atoms with Crippen molar-refractivity contribution in [3.05, 3.63) is 65.6 Å². The summed E-state index contributed by atoms with van der Waals surface area (Å²) in [6, 6.07) is 11.5. The molecule has 0 N–H and O–H groups in total. The van der Waals surface area contributed by atoms with Crippen LogP contribution in [0, 0.1) is 0 Å². The number of hydrogen-bond acceptors (Lipinski definition) is 5. The molecule has 0 bridgehead atoms. The highest BCUT2D eigenvalue weighted by molar-refractivity contribution is 6.30. The number of pyridine rings is 1. The van der Waals surface area contributed by atoms with E-state index in [1.807, 2.05) is 48.4 Å². The van der Waals surface area contributed by atoms with Crippen LogP contribution in [0.15, 0.2) is 55.0 Å². The van der Waals surface area contributed by atoms with Crippen LogP contribution in [0.5, 0.6) is 17.4 Å². The highest BCUT2D eigenvalue weighted by Gasteiger charge is 2.34. The first-order valence-electron chi connectivity index (χ1n) is 8.39. The molecule has 6 nitrogen and oxygen atoms in total. The molecule has 0 radical (unpaired) electrons. The maximum atomic E-state index is 5.87. The minimum atomic E-state index is 0.462. The summed E-state index contributed by atoms with van der Waals surface area (Å²) in [6.45, 7) is 2.65. The molecule has 1 saturated heterocycles. The van der Waals surface area contributed by atoms with E-state index in [9.17, 15) is 0 Å². The van der Waals surface area contributed by atoms with Crippen LogP contribution in [-0.2, 0) is 13.6 Å². The van der Waals surface area contributed by atoms with Gasteiger partial charge in [-0.3, -0.25) is 9.58 Å². The molecule has 0 amide bonds. The number of aryl methyl sites for hydroxylation is 1. The molecule has 1 aromatic carbocycles. The summed E-state index contributed by atoms with van der Waals surface area (Å²) in [6.07, 6.45) is 5.51. The first kappa shape index (κ1) is 16.9. The van der Waals surface area contributed by atoms with Gasteiger partial charge in [-0.05, 0) is 30.3 Å². The lowest BCUT2D eigenvalue weighted by atomic mass is 10.3. The van der Waals surface area contributed by atoms with E-state index >= 15 is 0 Å². The second-order valence-electron chi connectivity index (χ2n) is 6.30. The fourth-order valence-corrected chi connectivity index (χ4v) is 2.81. The third-order valence-corrected chi connectivity index (χ3v) is 4.38. The number of ether oxygens (including phenoxy) is 2. The number of rotatable bonds is 7. The summed E-state index contributed by atoms with van der Waals surface area (Å²) in [4.78, 5) is 6.47. The highest BCUT2D eigenvalue weighted by atomic mass is 35.5. The van der Waals surface area contributed by atoms with Gasteiger partial charge in [0.1, 0.15) is 18.1 Å². The smallest absolute Gasteiger partial charge is 0.219 e. The molecular weight excluding hydrogens is 352 g/mol. The highest BCUT2D eigenvalue weighted by Crippen LogP contribution is 2.25. The van der Waals surface area contributed by atoms with Crippen LogP contribution in [0.1, 0.15) is 5.56 Å². The van der Waals surface area contributed by atoms with E-state index in [1.165, 1.54) is 5.56 Å². The van der Waals surface area contributed by atoms with Crippen molar-refractivity contribution in [3.63, 3.8) is 0 Å². The van der Waals surface area contributed by atoms with Gasteiger partial charge in [0.2, 0.25) is 5.88 Å².